The molecule has 1 N–H and O–H groups in total. The summed E-state index contributed by atoms with van der Waals surface area (Å²) in [4.78, 5) is 17.4. The highest BCUT2D eigenvalue weighted by Crippen LogP contribution is 2.42. The van der Waals surface area contributed by atoms with Gasteiger partial charge in [0, 0.05) is 48.9 Å². The summed E-state index contributed by atoms with van der Waals surface area (Å²) < 4.78 is 67.2. The summed E-state index contributed by atoms with van der Waals surface area (Å²) in [5.41, 5.74) is 3.13. The molecule has 212 valence electrons. The van der Waals surface area contributed by atoms with Crippen molar-refractivity contribution >= 4 is 43.7 Å². The lowest BCUT2D eigenvalue weighted by Crippen LogP contribution is -2.25. The molecule has 0 aliphatic heterocycles. The third kappa shape index (κ3) is 4.67. The van der Waals surface area contributed by atoms with Crippen LogP contribution in [0.3, 0.4) is 0 Å². The van der Waals surface area contributed by atoms with E-state index in [1.807, 2.05) is 0 Å². The molecule has 0 saturated heterocycles. The van der Waals surface area contributed by atoms with Crippen molar-refractivity contribution in [1.82, 2.24) is 10.3 Å². The van der Waals surface area contributed by atoms with E-state index < -0.39 is 27.6 Å². The number of sulfonamides is 1. The molecule has 0 spiro atoms. The van der Waals surface area contributed by atoms with Gasteiger partial charge >= 0.3 is 0 Å². The number of hydrogen-bond acceptors (Lipinski definition) is 6. The van der Waals surface area contributed by atoms with Crippen molar-refractivity contribution < 1.29 is 30.8 Å². The van der Waals surface area contributed by atoms with E-state index in [1.54, 1.807) is 36.5 Å². The number of furan rings is 2. The number of rotatable bonds is 6. The number of pyridine rings is 1. The molecule has 6 rings (SSSR count). The standard InChI is InChI=1S/C31H23F2N3O5S/c1-34-31(37)29-22-14-20(18-8-11-23(33)21(13-18)27-15-24-26(40-27)5-4-12-35-24)25(36(2)42(3,38)39)16-28(22)41-30(29)17-6-9-19(32)10-7-17/h4-16H,1-3H3,(H,34,37). The van der Waals surface area contributed by atoms with Gasteiger partial charge < -0.3 is 14.2 Å². The molecule has 0 radical (unpaired) electrons. The monoisotopic (exact) mass is 587 g/mol. The molecular formula is C31H23F2N3O5S. The average Bonchev–Trinajstić information content (AvgIpc) is 3.57. The molecule has 0 bridgehead atoms. The number of benzene rings is 3. The second kappa shape index (κ2) is 10.1. The minimum atomic E-state index is -3.75. The average molecular weight is 588 g/mol. The van der Waals surface area contributed by atoms with Crippen LogP contribution < -0.4 is 9.62 Å². The van der Waals surface area contributed by atoms with Crippen molar-refractivity contribution in [3.05, 3.63) is 96.2 Å². The van der Waals surface area contributed by atoms with Crippen LogP contribution >= 0.6 is 0 Å². The summed E-state index contributed by atoms with van der Waals surface area (Å²) in [6.45, 7) is 0. The lowest BCUT2D eigenvalue weighted by atomic mass is 9.96. The van der Waals surface area contributed by atoms with E-state index >= 15 is 4.39 Å². The first-order valence-corrected chi connectivity index (χ1v) is 14.6. The van der Waals surface area contributed by atoms with Crippen LogP contribution in [0.1, 0.15) is 10.4 Å². The Morgan fingerprint density at radius 1 is 0.905 bits per heavy atom. The fraction of sp³-hybridized carbons (Fsp3) is 0.0968. The number of fused-ring (bicyclic) bond motifs is 2. The minimum absolute atomic E-state index is 0.143. The molecule has 3 aromatic heterocycles. The molecule has 3 aromatic carbocycles. The quantitative estimate of drug-likeness (QED) is 0.235. The number of halogens is 2. The highest BCUT2D eigenvalue weighted by atomic mass is 32.2. The zero-order valence-corrected chi connectivity index (χ0v) is 23.4. The molecule has 6 aromatic rings. The van der Waals surface area contributed by atoms with Gasteiger partial charge in [-0.15, -0.1) is 0 Å². The fourth-order valence-electron chi connectivity index (χ4n) is 4.84. The Bertz CT molecular complexity index is 2090. The first-order valence-electron chi connectivity index (χ1n) is 12.7. The zero-order chi connectivity index (χ0) is 29.8. The summed E-state index contributed by atoms with van der Waals surface area (Å²) in [6.07, 6.45) is 2.66. The molecule has 0 aliphatic carbocycles. The summed E-state index contributed by atoms with van der Waals surface area (Å²) in [5, 5.41) is 2.99. The molecule has 42 heavy (non-hydrogen) atoms. The largest absolute Gasteiger partial charge is 0.455 e. The Kier molecular flexibility index (Phi) is 6.53. The van der Waals surface area contributed by atoms with Crippen LogP contribution in [0.25, 0.3) is 55.8 Å². The van der Waals surface area contributed by atoms with Crippen molar-refractivity contribution in [2.24, 2.45) is 0 Å². The maximum atomic E-state index is 15.2. The second-order valence-electron chi connectivity index (χ2n) is 9.68. The number of nitrogens with one attached hydrogen (secondary N) is 1. The third-order valence-corrected chi connectivity index (χ3v) is 8.23. The molecule has 0 saturated carbocycles. The van der Waals surface area contributed by atoms with Gasteiger partial charge in [0.2, 0.25) is 10.0 Å². The zero-order valence-electron chi connectivity index (χ0n) is 22.6. The Morgan fingerprint density at radius 3 is 2.33 bits per heavy atom. The minimum Gasteiger partial charge on any atom is -0.455 e. The molecule has 3 heterocycles. The lowest BCUT2D eigenvalue weighted by molar-refractivity contribution is 0.0964. The van der Waals surface area contributed by atoms with Gasteiger partial charge in [-0.25, -0.2) is 17.2 Å². The first kappa shape index (κ1) is 27.2. The number of anilines is 1. The molecule has 0 atom stereocenters. The number of amides is 1. The smallest absolute Gasteiger partial charge is 0.255 e. The predicted octanol–water partition coefficient (Wildman–Crippen LogP) is 6.61. The van der Waals surface area contributed by atoms with E-state index in [1.165, 1.54) is 56.6 Å². The Labute approximate surface area is 239 Å². The van der Waals surface area contributed by atoms with Crippen molar-refractivity contribution in [1.29, 1.82) is 0 Å². The second-order valence-corrected chi connectivity index (χ2v) is 11.7. The Balaban J connectivity index is 1.63. The summed E-state index contributed by atoms with van der Waals surface area (Å²) in [7, 11) is -0.897. The van der Waals surface area contributed by atoms with Gasteiger partial charge in [-0.2, -0.15) is 0 Å². The summed E-state index contributed by atoms with van der Waals surface area (Å²) in [5.74, 6) is -1.04. The van der Waals surface area contributed by atoms with Crippen molar-refractivity contribution in [3.63, 3.8) is 0 Å². The van der Waals surface area contributed by atoms with Crippen LogP contribution in [0.5, 0.6) is 0 Å². The maximum Gasteiger partial charge on any atom is 0.255 e. The van der Waals surface area contributed by atoms with Crippen LogP contribution in [0.4, 0.5) is 14.5 Å². The van der Waals surface area contributed by atoms with Gasteiger partial charge in [0.1, 0.15) is 34.3 Å². The number of carbonyl (C=O) groups excluding carboxylic acids is 1. The van der Waals surface area contributed by atoms with E-state index in [9.17, 15) is 17.6 Å². The molecule has 0 aliphatic rings. The first-order chi connectivity index (χ1) is 20.0. The predicted molar refractivity (Wildman–Crippen MR) is 157 cm³/mol. The molecular weight excluding hydrogens is 564 g/mol. The number of aromatic nitrogens is 1. The van der Waals surface area contributed by atoms with Gasteiger partial charge in [0.25, 0.3) is 5.91 Å². The Hall–Kier alpha value is -5.03. The van der Waals surface area contributed by atoms with Crippen LogP contribution in [-0.4, -0.2) is 39.7 Å². The molecule has 11 heteroatoms. The Morgan fingerprint density at radius 2 is 1.64 bits per heavy atom. The third-order valence-electron chi connectivity index (χ3n) is 7.03. The molecule has 8 nitrogen and oxygen atoms in total. The summed E-state index contributed by atoms with van der Waals surface area (Å²) in [6, 6.07) is 18.0. The summed E-state index contributed by atoms with van der Waals surface area (Å²) >= 11 is 0. The van der Waals surface area contributed by atoms with E-state index in [0.717, 1.165) is 10.6 Å². The van der Waals surface area contributed by atoms with Crippen LogP contribution in [0.15, 0.2) is 87.8 Å². The molecule has 1 amide bonds. The van der Waals surface area contributed by atoms with Crippen LogP contribution in [0.2, 0.25) is 0 Å². The highest BCUT2D eigenvalue weighted by molar-refractivity contribution is 7.92. The maximum absolute atomic E-state index is 15.2. The molecule has 0 fully saturated rings. The van der Waals surface area contributed by atoms with Gasteiger partial charge in [-0.05, 0) is 60.2 Å². The van der Waals surface area contributed by atoms with E-state index in [4.69, 9.17) is 8.83 Å². The highest BCUT2D eigenvalue weighted by Gasteiger charge is 2.26. The van der Waals surface area contributed by atoms with Crippen LogP contribution in [-0.2, 0) is 10.0 Å². The van der Waals surface area contributed by atoms with Crippen molar-refractivity contribution in [2.75, 3.05) is 24.7 Å². The number of nitrogens with zero attached hydrogens (tertiary/aromatic N) is 2. The van der Waals surface area contributed by atoms with Gasteiger partial charge in [-0.1, -0.05) is 6.07 Å². The van der Waals surface area contributed by atoms with E-state index in [-0.39, 0.29) is 33.9 Å². The topological polar surface area (TPSA) is 106 Å². The van der Waals surface area contributed by atoms with Crippen molar-refractivity contribution in [2.45, 2.75) is 0 Å². The number of hydrogen-bond donors (Lipinski definition) is 1. The van der Waals surface area contributed by atoms with Gasteiger partial charge in [0.15, 0.2) is 5.58 Å². The normalized spacial score (nSPS) is 11.7. The van der Waals surface area contributed by atoms with Gasteiger partial charge in [0.05, 0.1) is 23.1 Å². The number of carbonyl (C=O) groups is 1. The molecule has 0 unspecified atom stereocenters. The van der Waals surface area contributed by atoms with E-state index in [2.05, 4.69) is 10.3 Å². The van der Waals surface area contributed by atoms with E-state index in [0.29, 0.717) is 33.2 Å². The van der Waals surface area contributed by atoms with Crippen molar-refractivity contribution in [3.8, 4) is 33.8 Å². The fourth-order valence-corrected chi connectivity index (χ4v) is 5.35. The SMILES string of the molecule is CNC(=O)c1c(-c2ccc(F)cc2)oc2cc(N(C)S(C)(=O)=O)c(-c3ccc(F)c(-c4cc5ncccc5o4)c3)cc12. The van der Waals surface area contributed by atoms with Crippen LogP contribution in [0, 0.1) is 11.6 Å². The van der Waals surface area contributed by atoms with Gasteiger partial charge in [-0.3, -0.25) is 14.1 Å². The lowest BCUT2D eigenvalue weighted by Gasteiger charge is -2.21.